The maximum atomic E-state index is 11.6. The van der Waals surface area contributed by atoms with E-state index in [1.807, 2.05) is 0 Å². The zero-order valence-electron chi connectivity index (χ0n) is 9.29. The topological polar surface area (TPSA) is 101 Å². The van der Waals surface area contributed by atoms with Gasteiger partial charge in [0, 0.05) is 29.7 Å². The Kier molecular flexibility index (Phi) is 3.33. The largest absolute Gasteiger partial charge is 0.326 e. The number of H-pyrrole nitrogens is 1. The van der Waals surface area contributed by atoms with Crippen molar-refractivity contribution in [1.82, 2.24) is 10.2 Å². The third kappa shape index (κ3) is 2.91. The van der Waals surface area contributed by atoms with E-state index < -0.39 is 4.92 Å². The molecular formula is C11H10N4O3. The number of anilines is 1. The number of amides is 1. The molecule has 18 heavy (non-hydrogen) atoms. The van der Waals surface area contributed by atoms with Crippen LogP contribution in [-0.2, 0) is 11.2 Å². The van der Waals surface area contributed by atoms with Crippen molar-refractivity contribution < 1.29 is 9.72 Å². The summed E-state index contributed by atoms with van der Waals surface area (Å²) in [5.41, 5.74) is 1.21. The highest BCUT2D eigenvalue weighted by atomic mass is 16.6. The number of carbonyl (C=O) groups excluding carboxylic acids is 1. The minimum absolute atomic E-state index is 0.0124. The summed E-state index contributed by atoms with van der Waals surface area (Å²) in [7, 11) is 0. The Hall–Kier alpha value is -2.70. The van der Waals surface area contributed by atoms with Gasteiger partial charge in [-0.2, -0.15) is 5.10 Å². The first-order chi connectivity index (χ1) is 8.65. The monoisotopic (exact) mass is 246 g/mol. The molecule has 0 aliphatic heterocycles. The standard InChI is InChI=1S/C11H10N4O3/c16-11(7-9-5-6-12-14-9)13-8-1-3-10(4-2-8)15(17)18/h1-6H,7H2,(H,12,14)(H,13,16). The first-order valence-electron chi connectivity index (χ1n) is 5.18. The fraction of sp³-hybridized carbons (Fsp3) is 0.0909. The molecule has 1 aromatic heterocycles. The van der Waals surface area contributed by atoms with Crippen LogP contribution in [0, 0.1) is 10.1 Å². The average Bonchev–Trinajstić information content (AvgIpc) is 2.82. The molecule has 0 spiro atoms. The Morgan fingerprint density at radius 1 is 1.33 bits per heavy atom. The van der Waals surface area contributed by atoms with E-state index in [-0.39, 0.29) is 18.0 Å². The van der Waals surface area contributed by atoms with E-state index in [1.54, 1.807) is 12.3 Å². The molecule has 2 aromatic rings. The van der Waals surface area contributed by atoms with Crippen LogP contribution in [0.2, 0.25) is 0 Å². The van der Waals surface area contributed by atoms with Gasteiger partial charge in [0.2, 0.25) is 5.91 Å². The molecule has 2 rings (SSSR count). The number of nitrogens with one attached hydrogen (secondary N) is 2. The molecular weight excluding hydrogens is 236 g/mol. The Balaban J connectivity index is 1.97. The Bertz CT molecular complexity index is 548. The van der Waals surface area contributed by atoms with E-state index in [2.05, 4.69) is 15.5 Å². The van der Waals surface area contributed by atoms with E-state index in [0.29, 0.717) is 11.4 Å². The van der Waals surface area contributed by atoms with E-state index in [1.165, 1.54) is 24.3 Å². The molecule has 0 bridgehead atoms. The molecule has 0 atom stereocenters. The second-order valence-electron chi connectivity index (χ2n) is 3.61. The summed E-state index contributed by atoms with van der Waals surface area (Å²) < 4.78 is 0. The van der Waals surface area contributed by atoms with Crippen LogP contribution in [0.25, 0.3) is 0 Å². The number of hydrogen-bond donors (Lipinski definition) is 2. The number of aromatic nitrogens is 2. The summed E-state index contributed by atoms with van der Waals surface area (Å²) >= 11 is 0. The van der Waals surface area contributed by atoms with Crippen molar-refractivity contribution in [2.45, 2.75) is 6.42 Å². The number of nitrogens with zero attached hydrogens (tertiary/aromatic N) is 2. The summed E-state index contributed by atoms with van der Waals surface area (Å²) in [6.07, 6.45) is 1.74. The van der Waals surface area contributed by atoms with Gasteiger partial charge in [0.25, 0.3) is 5.69 Å². The first kappa shape index (κ1) is 11.8. The molecule has 2 N–H and O–H groups in total. The Morgan fingerprint density at radius 2 is 2.06 bits per heavy atom. The second kappa shape index (κ2) is 5.09. The number of carbonyl (C=O) groups is 1. The van der Waals surface area contributed by atoms with Gasteiger partial charge in [-0.3, -0.25) is 20.0 Å². The molecule has 1 amide bonds. The van der Waals surface area contributed by atoms with Crippen LogP contribution >= 0.6 is 0 Å². The number of non-ortho nitro benzene ring substituents is 1. The van der Waals surface area contributed by atoms with Crippen LogP contribution in [0.5, 0.6) is 0 Å². The molecule has 0 aliphatic rings. The van der Waals surface area contributed by atoms with Crippen LogP contribution in [0.3, 0.4) is 0 Å². The van der Waals surface area contributed by atoms with Crippen molar-refractivity contribution in [3.63, 3.8) is 0 Å². The highest BCUT2D eigenvalue weighted by Crippen LogP contribution is 2.15. The number of rotatable bonds is 4. The third-order valence-corrected chi connectivity index (χ3v) is 2.27. The van der Waals surface area contributed by atoms with Crippen molar-refractivity contribution in [3.05, 3.63) is 52.3 Å². The summed E-state index contributed by atoms with van der Waals surface area (Å²) in [5, 5.41) is 19.5. The van der Waals surface area contributed by atoms with Gasteiger partial charge in [-0.1, -0.05) is 0 Å². The van der Waals surface area contributed by atoms with Gasteiger partial charge in [-0.05, 0) is 18.2 Å². The predicted molar refractivity (Wildman–Crippen MR) is 64.0 cm³/mol. The highest BCUT2D eigenvalue weighted by molar-refractivity contribution is 5.92. The molecule has 7 heteroatoms. The molecule has 0 radical (unpaired) electrons. The lowest BCUT2D eigenvalue weighted by molar-refractivity contribution is -0.384. The first-order valence-corrected chi connectivity index (χ1v) is 5.18. The molecule has 0 unspecified atom stereocenters. The molecule has 0 fully saturated rings. The quantitative estimate of drug-likeness (QED) is 0.630. The van der Waals surface area contributed by atoms with Crippen LogP contribution in [0.4, 0.5) is 11.4 Å². The van der Waals surface area contributed by atoms with E-state index in [9.17, 15) is 14.9 Å². The number of hydrogen-bond acceptors (Lipinski definition) is 4. The van der Waals surface area contributed by atoms with Crippen LogP contribution < -0.4 is 5.32 Å². The van der Waals surface area contributed by atoms with E-state index in [0.717, 1.165) is 0 Å². The maximum absolute atomic E-state index is 11.6. The minimum atomic E-state index is -0.490. The van der Waals surface area contributed by atoms with Gasteiger partial charge in [0.1, 0.15) is 0 Å². The van der Waals surface area contributed by atoms with Crippen LogP contribution in [-0.4, -0.2) is 21.0 Å². The van der Waals surface area contributed by atoms with Gasteiger partial charge in [-0.15, -0.1) is 0 Å². The maximum Gasteiger partial charge on any atom is 0.269 e. The lowest BCUT2D eigenvalue weighted by Gasteiger charge is -2.03. The molecule has 92 valence electrons. The fourth-order valence-corrected chi connectivity index (χ4v) is 1.43. The second-order valence-corrected chi connectivity index (χ2v) is 3.61. The molecule has 0 aliphatic carbocycles. The smallest absolute Gasteiger partial charge is 0.269 e. The minimum Gasteiger partial charge on any atom is -0.326 e. The number of aromatic amines is 1. The zero-order valence-corrected chi connectivity index (χ0v) is 9.29. The number of nitro benzene ring substituents is 1. The van der Waals surface area contributed by atoms with Gasteiger partial charge < -0.3 is 5.32 Å². The Morgan fingerprint density at radius 3 is 2.61 bits per heavy atom. The van der Waals surface area contributed by atoms with Crippen molar-refractivity contribution in [1.29, 1.82) is 0 Å². The fourth-order valence-electron chi connectivity index (χ4n) is 1.43. The highest BCUT2D eigenvalue weighted by Gasteiger charge is 2.07. The molecule has 0 saturated carbocycles. The number of nitro groups is 1. The predicted octanol–water partition coefficient (Wildman–Crippen LogP) is 1.50. The Labute approximate surface area is 102 Å². The average molecular weight is 246 g/mol. The van der Waals surface area contributed by atoms with Gasteiger partial charge in [0.15, 0.2) is 0 Å². The zero-order chi connectivity index (χ0) is 13.0. The van der Waals surface area contributed by atoms with E-state index >= 15 is 0 Å². The molecule has 1 heterocycles. The molecule has 7 nitrogen and oxygen atoms in total. The SMILES string of the molecule is O=C(Cc1ccn[nH]1)Nc1ccc([N+](=O)[O-])cc1. The van der Waals surface area contributed by atoms with Crippen molar-refractivity contribution in [2.24, 2.45) is 0 Å². The lowest BCUT2D eigenvalue weighted by atomic mass is 10.2. The van der Waals surface area contributed by atoms with Crippen LogP contribution in [0.15, 0.2) is 36.5 Å². The van der Waals surface area contributed by atoms with Crippen LogP contribution in [0.1, 0.15) is 5.69 Å². The van der Waals surface area contributed by atoms with Crippen molar-refractivity contribution in [2.75, 3.05) is 5.32 Å². The lowest BCUT2D eigenvalue weighted by Crippen LogP contribution is -2.14. The van der Waals surface area contributed by atoms with Gasteiger partial charge in [0.05, 0.1) is 11.3 Å². The summed E-state index contributed by atoms with van der Waals surface area (Å²) in [6.45, 7) is 0. The van der Waals surface area contributed by atoms with Crippen molar-refractivity contribution >= 4 is 17.3 Å². The van der Waals surface area contributed by atoms with Crippen molar-refractivity contribution in [3.8, 4) is 0 Å². The van der Waals surface area contributed by atoms with Gasteiger partial charge in [-0.25, -0.2) is 0 Å². The molecule has 0 saturated heterocycles. The van der Waals surface area contributed by atoms with E-state index in [4.69, 9.17) is 0 Å². The normalized spacial score (nSPS) is 10.0. The number of benzene rings is 1. The summed E-state index contributed by atoms with van der Waals surface area (Å²) in [5.74, 6) is -0.215. The van der Waals surface area contributed by atoms with Gasteiger partial charge >= 0.3 is 0 Å². The third-order valence-electron chi connectivity index (χ3n) is 2.27. The molecule has 1 aromatic carbocycles. The summed E-state index contributed by atoms with van der Waals surface area (Å²) in [4.78, 5) is 21.6. The summed E-state index contributed by atoms with van der Waals surface area (Å²) in [6, 6.07) is 7.36.